The molecular weight excluding hydrogens is 304 g/mol. The van der Waals surface area contributed by atoms with Gasteiger partial charge in [0.05, 0.1) is 5.57 Å². The van der Waals surface area contributed by atoms with Crippen molar-refractivity contribution in [2.24, 2.45) is 5.41 Å². The summed E-state index contributed by atoms with van der Waals surface area (Å²) in [5, 5.41) is 3.25. The van der Waals surface area contributed by atoms with E-state index < -0.39 is 0 Å². The van der Waals surface area contributed by atoms with Crippen LogP contribution in [-0.2, 0) is 9.59 Å². The van der Waals surface area contributed by atoms with Crippen molar-refractivity contribution in [3.63, 3.8) is 0 Å². The first-order valence-corrected chi connectivity index (χ1v) is 8.96. The lowest BCUT2D eigenvalue weighted by atomic mass is 9.78. The van der Waals surface area contributed by atoms with Crippen molar-refractivity contribution in [2.75, 3.05) is 0 Å². The number of allylic oxidation sites excluding steroid dienone is 2. The van der Waals surface area contributed by atoms with Gasteiger partial charge in [-0.05, 0) is 46.2 Å². The summed E-state index contributed by atoms with van der Waals surface area (Å²) in [4.78, 5) is 25.0. The van der Waals surface area contributed by atoms with Gasteiger partial charge in [-0.3, -0.25) is 9.59 Å². The van der Waals surface area contributed by atoms with E-state index in [9.17, 15) is 9.59 Å². The molecule has 0 bridgehead atoms. The van der Waals surface area contributed by atoms with Gasteiger partial charge in [0, 0.05) is 17.5 Å². The highest BCUT2D eigenvalue weighted by atomic mass is 32.1. The lowest BCUT2D eigenvalue weighted by molar-refractivity contribution is -0.124. The van der Waals surface area contributed by atoms with Crippen LogP contribution in [0.25, 0.3) is 10.1 Å². The molecule has 0 atom stereocenters. The predicted molar refractivity (Wildman–Crippen MR) is 96.0 cm³/mol. The standard InChI is InChI=1S/C20H22O2S/c1-20(2,3)9-7-16-17(21)11-13(12-18(16)22)14-5-4-6-19-15(14)8-10-23-19/h4-8,10,13H,9,11-12H2,1-3H3. The summed E-state index contributed by atoms with van der Waals surface area (Å²) in [7, 11) is 0. The molecule has 1 aliphatic rings. The first-order valence-electron chi connectivity index (χ1n) is 8.08. The van der Waals surface area contributed by atoms with E-state index >= 15 is 0 Å². The van der Waals surface area contributed by atoms with Crippen LogP contribution in [0.15, 0.2) is 41.3 Å². The molecule has 0 spiro atoms. The van der Waals surface area contributed by atoms with E-state index in [2.05, 4.69) is 44.4 Å². The Balaban J connectivity index is 1.86. The summed E-state index contributed by atoms with van der Waals surface area (Å²) >= 11 is 1.70. The highest BCUT2D eigenvalue weighted by Gasteiger charge is 2.32. The van der Waals surface area contributed by atoms with Crippen molar-refractivity contribution in [3.05, 3.63) is 46.9 Å². The lowest BCUT2D eigenvalue weighted by Gasteiger charge is -2.24. The van der Waals surface area contributed by atoms with E-state index in [4.69, 9.17) is 0 Å². The molecule has 0 unspecified atom stereocenters. The first-order chi connectivity index (χ1) is 10.8. The number of carbonyl (C=O) groups is 2. The first kappa shape index (κ1) is 16.1. The van der Waals surface area contributed by atoms with Gasteiger partial charge >= 0.3 is 0 Å². The molecule has 1 aromatic heterocycles. The minimum absolute atomic E-state index is 0.00253. The van der Waals surface area contributed by atoms with Crippen molar-refractivity contribution in [1.82, 2.24) is 0 Å². The van der Waals surface area contributed by atoms with Gasteiger partial charge in [0.1, 0.15) is 0 Å². The monoisotopic (exact) mass is 326 g/mol. The van der Waals surface area contributed by atoms with E-state index in [1.54, 1.807) is 11.3 Å². The average Bonchev–Trinajstić information content (AvgIpc) is 2.93. The Morgan fingerprint density at radius 2 is 1.83 bits per heavy atom. The van der Waals surface area contributed by atoms with E-state index in [-0.39, 0.29) is 22.9 Å². The molecule has 0 saturated heterocycles. The quantitative estimate of drug-likeness (QED) is 0.556. The number of ketones is 2. The van der Waals surface area contributed by atoms with Gasteiger partial charge < -0.3 is 0 Å². The van der Waals surface area contributed by atoms with Crippen molar-refractivity contribution in [1.29, 1.82) is 0 Å². The van der Waals surface area contributed by atoms with Crippen molar-refractivity contribution in [3.8, 4) is 0 Å². The summed E-state index contributed by atoms with van der Waals surface area (Å²) in [6.45, 7) is 6.34. The second-order valence-corrected chi connectivity index (χ2v) is 8.46. The van der Waals surface area contributed by atoms with Crippen LogP contribution in [0.1, 0.15) is 51.5 Å². The zero-order chi connectivity index (χ0) is 16.6. The number of hydrogen-bond donors (Lipinski definition) is 0. The molecule has 1 aromatic carbocycles. The van der Waals surface area contributed by atoms with Crippen LogP contribution in [0.4, 0.5) is 0 Å². The fraction of sp³-hybridized carbons (Fsp3) is 0.400. The molecule has 2 aromatic rings. The number of Topliss-reactive ketones (excluding diaryl/α,β-unsaturated/α-hetero) is 2. The number of benzene rings is 1. The Hall–Kier alpha value is -1.74. The van der Waals surface area contributed by atoms with Gasteiger partial charge in [0.15, 0.2) is 11.6 Å². The molecule has 0 amide bonds. The molecule has 3 rings (SSSR count). The van der Waals surface area contributed by atoms with Gasteiger partial charge in [-0.15, -0.1) is 11.3 Å². The van der Waals surface area contributed by atoms with Gasteiger partial charge in [-0.2, -0.15) is 0 Å². The molecule has 1 fully saturated rings. The molecule has 2 nitrogen and oxygen atoms in total. The molecule has 1 heterocycles. The molecular formula is C20H22O2S. The van der Waals surface area contributed by atoms with E-state index in [1.165, 1.54) is 10.1 Å². The zero-order valence-electron chi connectivity index (χ0n) is 13.9. The van der Waals surface area contributed by atoms with Crippen LogP contribution < -0.4 is 0 Å². The molecule has 23 heavy (non-hydrogen) atoms. The highest BCUT2D eigenvalue weighted by molar-refractivity contribution is 7.17. The van der Waals surface area contributed by atoms with Crippen LogP contribution in [0.5, 0.6) is 0 Å². The van der Waals surface area contributed by atoms with E-state index in [0.29, 0.717) is 18.4 Å². The molecule has 0 N–H and O–H groups in total. The Kier molecular flexibility index (Phi) is 4.24. The summed E-state index contributed by atoms with van der Waals surface area (Å²) in [5.41, 5.74) is 1.65. The third-order valence-corrected chi connectivity index (χ3v) is 5.23. The minimum atomic E-state index is 0.00253. The van der Waals surface area contributed by atoms with Crippen molar-refractivity contribution >= 4 is 33.0 Å². The number of fused-ring (bicyclic) bond motifs is 1. The Morgan fingerprint density at radius 3 is 2.48 bits per heavy atom. The average molecular weight is 326 g/mol. The summed E-state index contributed by atoms with van der Waals surface area (Å²) in [6.07, 6.45) is 3.49. The van der Waals surface area contributed by atoms with Crippen LogP contribution in [0.2, 0.25) is 0 Å². The smallest absolute Gasteiger partial charge is 0.166 e. The molecule has 1 aliphatic carbocycles. The number of hydrogen-bond acceptors (Lipinski definition) is 3. The van der Waals surface area contributed by atoms with Crippen LogP contribution in [0.3, 0.4) is 0 Å². The Labute approximate surface area is 141 Å². The predicted octanol–water partition coefficient (Wildman–Crippen LogP) is 5.28. The Bertz CT molecular complexity index is 769. The van der Waals surface area contributed by atoms with Crippen LogP contribution in [-0.4, -0.2) is 11.6 Å². The molecule has 120 valence electrons. The zero-order valence-corrected chi connectivity index (χ0v) is 14.7. The lowest BCUT2D eigenvalue weighted by Crippen LogP contribution is -2.25. The molecule has 0 aliphatic heterocycles. The van der Waals surface area contributed by atoms with E-state index in [0.717, 1.165) is 12.0 Å². The van der Waals surface area contributed by atoms with Gasteiger partial charge in [0.25, 0.3) is 0 Å². The molecule has 0 radical (unpaired) electrons. The summed E-state index contributed by atoms with van der Waals surface area (Å²) < 4.78 is 1.22. The maximum atomic E-state index is 12.5. The number of carbonyl (C=O) groups excluding carboxylic acids is 2. The molecule has 1 saturated carbocycles. The normalized spacial score (nSPS) is 19.4. The van der Waals surface area contributed by atoms with Crippen molar-refractivity contribution in [2.45, 2.75) is 46.0 Å². The fourth-order valence-corrected chi connectivity index (χ4v) is 3.95. The van der Waals surface area contributed by atoms with Gasteiger partial charge in [0.2, 0.25) is 0 Å². The SMILES string of the molecule is CC(C)(C)CC=C1C(=O)CC(c2cccc3sccc23)CC1=O. The summed E-state index contributed by atoms with van der Waals surface area (Å²) in [6, 6.07) is 8.26. The van der Waals surface area contributed by atoms with Crippen LogP contribution in [0, 0.1) is 5.41 Å². The van der Waals surface area contributed by atoms with Gasteiger partial charge in [-0.25, -0.2) is 0 Å². The van der Waals surface area contributed by atoms with Crippen molar-refractivity contribution < 1.29 is 9.59 Å². The topological polar surface area (TPSA) is 34.1 Å². The number of rotatable bonds is 2. The maximum Gasteiger partial charge on any atom is 0.166 e. The largest absolute Gasteiger partial charge is 0.294 e. The summed E-state index contributed by atoms with van der Waals surface area (Å²) in [5.74, 6) is 0.0190. The third-order valence-electron chi connectivity index (χ3n) is 4.35. The van der Waals surface area contributed by atoms with E-state index in [1.807, 2.05) is 12.1 Å². The van der Waals surface area contributed by atoms with Gasteiger partial charge in [-0.1, -0.05) is 39.0 Å². The fourth-order valence-electron chi connectivity index (χ4n) is 3.12. The minimum Gasteiger partial charge on any atom is -0.294 e. The Morgan fingerprint density at radius 1 is 1.13 bits per heavy atom. The van der Waals surface area contributed by atoms with Crippen LogP contribution >= 0.6 is 11.3 Å². The second-order valence-electron chi connectivity index (χ2n) is 7.51. The number of thiophene rings is 1. The highest BCUT2D eigenvalue weighted by Crippen LogP contribution is 2.37. The third kappa shape index (κ3) is 3.45. The second kappa shape index (κ2) is 6.04. The maximum absolute atomic E-state index is 12.5. The molecule has 3 heteroatoms.